The summed E-state index contributed by atoms with van der Waals surface area (Å²) < 4.78 is 57.6. The lowest BCUT2D eigenvalue weighted by atomic mass is 9.92. The molecule has 2 heterocycles. The van der Waals surface area contributed by atoms with Crippen LogP contribution in [-0.4, -0.2) is 54.9 Å². The minimum Gasteiger partial charge on any atom is -0.460 e. The third-order valence-corrected chi connectivity index (χ3v) is 7.61. The number of rotatable bonds is 10. The minimum absolute atomic E-state index is 0.0301. The van der Waals surface area contributed by atoms with Crippen molar-refractivity contribution in [1.29, 1.82) is 5.26 Å². The Labute approximate surface area is 250 Å². The fourth-order valence-electron chi connectivity index (χ4n) is 5.02. The molecule has 42 heavy (non-hydrogen) atoms. The van der Waals surface area contributed by atoms with Crippen molar-refractivity contribution in [3.63, 3.8) is 0 Å². The lowest BCUT2D eigenvalue weighted by molar-refractivity contribution is -0.172. The number of benzene rings is 2. The van der Waals surface area contributed by atoms with Crippen LogP contribution < -0.4 is 4.90 Å². The number of alkyl halides is 4. The van der Waals surface area contributed by atoms with Gasteiger partial charge >= 0.3 is 18.2 Å². The molecule has 0 saturated carbocycles. The summed E-state index contributed by atoms with van der Waals surface area (Å²) in [6.07, 6.45) is -1.80. The summed E-state index contributed by atoms with van der Waals surface area (Å²) >= 11 is 3.37. The molecular weight excluding hydrogens is 619 g/mol. The molecule has 0 spiro atoms. The number of anilines is 1. The number of amides is 2. The van der Waals surface area contributed by atoms with E-state index in [-0.39, 0.29) is 43.0 Å². The maximum Gasteiger partial charge on any atom is 0.416 e. The topological polar surface area (TPSA) is 92.1 Å². The Balaban J connectivity index is 1.74. The molecule has 2 atom stereocenters. The van der Waals surface area contributed by atoms with Gasteiger partial charge in [0.2, 0.25) is 0 Å². The van der Waals surface area contributed by atoms with Crippen LogP contribution in [0.5, 0.6) is 0 Å². The minimum atomic E-state index is -4.63. The van der Waals surface area contributed by atoms with Gasteiger partial charge in [0.05, 0.1) is 41.1 Å². The number of nitriles is 1. The maximum absolute atomic E-state index is 14.0. The number of nitrogens with zero attached hydrogens (tertiary/aromatic N) is 3. The molecule has 2 aliphatic rings. The van der Waals surface area contributed by atoms with E-state index in [2.05, 4.69) is 15.9 Å². The van der Waals surface area contributed by atoms with Crippen molar-refractivity contribution in [3.05, 3.63) is 76.5 Å². The Bertz CT molecular complexity index is 1340. The number of hydrogen-bond acceptors (Lipinski definition) is 6. The normalized spacial score (nSPS) is 19.6. The molecule has 1 fully saturated rings. The van der Waals surface area contributed by atoms with Crippen molar-refractivity contribution < 1.29 is 37.0 Å². The summed E-state index contributed by atoms with van der Waals surface area (Å²) in [5.74, 6) is -0.733. The highest BCUT2D eigenvalue weighted by molar-refractivity contribution is 9.09. The number of urea groups is 1. The fraction of sp³-hybridized carbons (Fsp3) is 0.433. The van der Waals surface area contributed by atoms with Crippen molar-refractivity contribution in [2.24, 2.45) is 0 Å². The zero-order valence-electron chi connectivity index (χ0n) is 23.0. The van der Waals surface area contributed by atoms with E-state index in [0.717, 1.165) is 36.3 Å². The van der Waals surface area contributed by atoms with Gasteiger partial charge in [-0.3, -0.25) is 4.90 Å². The average molecular weight is 650 g/mol. The zero-order valence-corrected chi connectivity index (χ0v) is 24.6. The predicted octanol–water partition coefficient (Wildman–Crippen LogP) is 6.71. The number of carbonyl (C=O) groups is 2. The Morgan fingerprint density at radius 3 is 2.57 bits per heavy atom. The van der Waals surface area contributed by atoms with E-state index in [1.54, 1.807) is 24.3 Å². The number of esters is 1. The van der Waals surface area contributed by atoms with E-state index < -0.39 is 29.8 Å². The first-order valence-electron chi connectivity index (χ1n) is 13.6. The van der Waals surface area contributed by atoms with Crippen LogP contribution in [0.4, 0.5) is 23.7 Å². The van der Waals surface area contributed by atoms with Gasteiger partial charge in [-0.05, 0) is 68.5 Å². The molecule has 0 aromatic heterocycles. The smallest absolute Gasteiger partial charge is 0.416 e. The predicted molar refractivity (Wildman–Crippen MR) is 152 cm³/mol. The molecule has 0 bridgehead atoms. The van der Waals surface area contributed by atoms with Gasteiger partial charge in [-0.25, -0.2) is 9.59 Å². The molecule has 2 unspecified atom stereocenters. The van der Waals surface area contributed by atoms with Gasteiger partial charge in [0.25, 0.3) is 0 Å². The summed E-state index contributed by atoms with van der Waals surface area (Å²) in [6, 6.07) is 11.4. The Morgan fingerprint density at radius 2 is 1.93 bits per heavy atom. The Hall–Kier alpha value is -3.40. The molecule has 4 rings (SSSR count). The third kappa shape index (κ3) is 7.32. The highest BCUT2D eigenvalue weighted by atomic mass is 79.9. The molecule has 224 valence electrons. The van der Waals surface area contributed by atoms with Crippen molar-refractivity contribution in [3.8, 4) is 6.07 Å². The molecule has 0 radical (unpaired) electrons. The SMILES string of the molecule is CC1=C(C(=O)OCCOC2CCCCO2)C(c2ccc(C#N)cc2)N(CCCBr)C(=O)N1c1cccc(C(F)(F)F)c1. The van der Waals surface area contributed by atoms with Crippen LogP contribution >= 0.6 is 15.9 Å². The van der Waals surface area contributed by atoms with Crippen LogP contribution in [0, 0.1) is 11.3 Å². The number of hydrogen-bond donors (Lipinski definition) is 0. The fourth-order valence-corrected chi connectivity index (χ4v) is 5.27. The molecular formula is C30H31BrF3N3O5. The van der Waals surface area contributed by atoms with Gasteiger partial charge in [-0.1, -0.05) is 34.1 Å². The first-order chi connectivity index (χ1) is 20.2. The molecule has 8 nitrogen and oxygen atoms in total. The number of allylic oxidation sites excluding steroid dienone is 1. The molecule has 0 aliphatic carbocycles. The van der Waals surface area contributed by atoms with Gasteiger partial charge in [0, 0.05) is 24.2 Å². The third-order valence-electron chi connectivity index (χ3n) is 7.05. The first-order valence-corrected chi connectivity index (χ1v) is 14.7. The number of halogens is 4. The van der Waals surface area contributed by atoms with Crippen LogP contribution in [0.1, 0.15) is 55.3 Å². The monoisotopic (exact) mass is 649 g/mol. The largest absolute Gasteiger partial charge is 0.460 e. The molecule has 2 aromatic rings. The molecule has 1 saturated heterocycles. The maximum atomic E-state index is 14.0. The molecule has 2 amide bonds. The number of carbonyl (C=O) groups excluding carboxylic acids is 2. The van der Waals surface area contributed by atoms with Crippen LogP contribution in [0.25, 0.3) is 0 Å². The molecule has 2 aliphatic heterocycles. The Kier molecular flexibility index (Phi) is 10.6. The molecule has 12 heteroatoms. The van der Waals surface area contributed by atoms with E-state index in [1.807, 2.05) is 6.07 Å². The van der Waals surface area contributed by atoms with Crippen LogP contribution in [0.3, 0.4) is 0 Å². The summed E-state index contributed by atoms with van der Waals surface area (Å²) in [4.78, 5) is 30.3. The van der Waals surface area contributed by atoms with E-state index in [9.17, 15) is 28.0 Å². The zero-order chi connectivity index (χ0) is 30.3. The summed E-state index contributed by atoms with van der Waals surface area (Å²) in [5.41, 5.74) is 0.236. The van der Waals surface area contributed by atoms with E-state index in [4.69, 9.17) is 14.2 Å². The summed E-state index contributed by atoms with van der Waals surface area (Å²) in [6.45, 7) is 2.31. The average Bonchev–Trinajstić information content (AvgIpc) is 2.99. The quantitative estimate of drug-likeness (QED) is 0.161. The van der Waals surface area contributed by atoms with Gasteiger partial charge in [0.1, 0.15) is 6.61 Å². The molecule has 0 N–H and O–H groups in total. The van der Waals surface area contributed by atoms with Crippen molar-refractivity contribution >= 4 is 33.6 Å². The highest BCUT2D eigenvalue weighted by Gasteiger charge is 2.43. The van der Waals surface area contributed by atoms with Crippen LogP contribution in [-0.2, 0) is 25.2 Å². The van der Waals surface area contributed by atoms with Crippen molar-refractivity contribution in [2.75, 3.05) is 36.6 Å². The van der Waals surface area contributed by atoms with Crippen LogP contribution in [0.2, 0.25) is 0 Å². The second-order valence-corrected chi connectivity index (χ2v) is 10.6. The van der Waals surface area contributed by atoms with Crippen LogP contribution in [0.15, 0.2) is 59.8 Å². The molecule has 2 aromatic carbocycles. The van der Waals surface area contributed by atoms with Gasteiger partial charge in [-0.2, -0.15) is 18.4 Å². The number of ether oxygens (including phenoxy) is 3. The highest BCUT2D eigenvalue weighted by Crippen LogP contribution is 2.41. The van der Waals surface area contributed by atoms with Gasteiger partial charge in [0.15, 0.2) is 6.29 Å². The van der Waals surface area contributed by atoms with Gasteiger partial charge < -0.3 is 19.1 Å². The van der Waals surface area contributed by atoms with Gasteiger partial charge in [-0.15, -0.1) is 0 Å². The lowest BCUT2D eigenvalue weighted by Crippen LogP contribution is -2.51. The summed E-state index contributed by atoms with van der Waals surface area (Å²) in [5, 5.41) is 9.82. The first kappa shape index (κ1) is 31.5. The second-order valence-electron chi connectivity index (χ2n) is 9.84. The van der Waals surface area contributed by atoms with E-state index in [0.29, 0.717) is 29.5 Å². The summed E-state index contributed by atoms with van der Waals surface area (Å²) in [7, 11) is 0. The lowest BCUT2D eigenvalue weighted by Gasteiger charge is -2.43. The second kappa shape index (κ2) is 14.2. The standard InChI is InChI=1S/C30H31BrF3N3O5/c1-20-26(28(38)42-17-16-41-25-8-2-3-15-40-25)27(22-11-9-21(19-35)10-12-22)36(14-5-13-31)29(39)37(20)24-7-4-6-23(18-24)30(32,33)34/h4,6-7,9-12,18,25,27H,2-3,5,8,13-17H2,1H3. The van der Waals surface area contributed by atoms with Crippen molar-refractivity contribution in [2.45, 2.75) is 51.1 Å². The van der Waals surface area contributed by atoms with E-state index in [1.165, 1.54) is 24.0 Å². The Morgan fingerprint density at radius 1 is 1.17 bits per heavy atom. The van der Waals surface area contributed by atoms with E-state index >= 15 is 0 Å². The van der Waals surface area contributed by atoms with Crippen molar-refractivity contribution in [1.82, 2.24) is 4.90 Å².